The molecular weight excluding hydrogens is 433 g/mol. The first kappa shape index (κ1) is 20.0. The highest BCUT2D eigenvalue weighted by Crippen LogP contribution is 2.36. The molecule has 4 aromatic rings. The summed E-state index contributed by atoms with van der Waals surface area (Å²) in [5.41, 5.74) is 4.61. The lowest BCUT2D eigenvalue weighted by atomic mass is 9.97. The molecule has 0 radical (unpaired) electrons. The second kappa shape index (κ2) is 7.95. The Hall–Kier alpha value is -2.95. The summed E-state index contributed by atoms with van der Waals surface area (Å²) in [5, 5.41) is 2.03. The van der Waals surface area contributed by atoms with E-state index in [0.29, 0.717) is 40.9 Å². The standard InChI is InChI=1S/C25H19Cl2NO3/c1-15-20-7-8-23-22(13-28(14-30-23)19-11-17(26)10-18(27)12-19)24(20)31-25(29)21(15)9-16-5-3-2-4-6-16/h2-8,10-12H,9,13-14H2,1H3. The molecule has 0 N–H and O–H groups in total. The van der Waals surface area contributed by atoms with Gasteiger partial charge in [0.15, 0.2) is 6.73 Å². The van der Waals surface area contributed by atoms with Crippen LogP contribution in [0.4, 0.5) is 5.69 Å². The molecule has 5 rings (SSSR count). The van der Waals surface area contributed by atoms with Crippen molar-refractivity contribution >= 4 is 39.9 Å². The van der Waals surface area contributed by atoms with Gasteiger partial charge in [-0.2, -0.15) is 0 Å². The second-order valence-electron chi connectivity index (χ2n) is 7.67. The van der Waals surface area contributed by atoms with E-state index in [2.05, 4.69) is 0 Å². The molecule has 0 unspecified atom stereocenters. The number of anilines is 1. The largest absolute Gasteiger partial charge is 0.473 e. The van der Waals surface area contributed by atoms with Crippen molar-refractivity contribution in [2.24, 2.45) is 0 Å². The first-order valence-electron chi connectivity index (χ1n) is 9.95. The van der Waals surface area contributed by atoms with E-state index in [1.807, 2.05) is 66.4 Å². The van der Waals surface area contributed by atoms with E-state index >= 15 is 0 Å². The monoisotopic (exact) mass is 451 g/mol. The van der Waals surface area contributed by atoms with E-state index in [1.54, 1.807) is 6.07 Å². The molecule has 1 aliphatic rings. The van der Waals surface area contributed by atoms with Crippen molar-refractivity contribution in [3.63, 3.8) is 0 Å². The Kier molecular flexibility index (Phi) is 5.12. The third-order valence-electron chi connectivity index (χ3n) is 5.68. The van der Waals surface area contributed by atoms with Gasteiger partial charge in [0.2, 0.25) is 0 Å². The highest BCUT2D eigenvalue weighted by molar-refractivity contribution is 6.35. The second-order valence-corrected chi connectivity index (χ2v) is 8.55. The Balaban J connectivity index is 1.58. The predicted octanol–water partition coefficient (Wildman–Crippen LogP) is 6.36. The average molecular weight is 452 g/mol. The van der Waals surface area contributed by atoms with E-state index < -0.39 is 0 Å². The van der Waals surface area contributed by atoms with Crippen LogP contribution in [0.2, 0.25) is 10.0 Å². The molecule has 0 fully saturated rings. The molecule has 0 bridgehead atoms. The molecule has 31 heavy (non-hydrogen) atoms. The first-order chi connectivity index (χ1) is 15.0. The zero-order valence-electron chi connectivity index (χ0n) is 16.8. The van der Waals surface area contributed by atoms with Crippen LogP contribution in [0.1, 0.15) is 22.3 Å². The van der Waals surface area contributed by atoms with Gasteiger partial charge in [-0.1, -0.05) is 53.5 Å². The minimum Gasteiger partial charge on any atom is -0.473 e. The summed E-state index contributed by atoms with van der Waals surface area (Å²) in [6, 6.07) is 19.2. The van der Waals surface area contributed by atoms with Gasteiger partial charge in [-0.15, -0.1) is 0 Å². The Bertz CT molecular complexity index is 1330. The Morgan fingerprint density at radius 1 is 1.00 bits per heavy atom. The van der Waals surface area contributed by atoms with Crippen LogP contribution in [-0.4, -0.2) is 6.73 Å². The molecule has 0 amide bonds. The highest BCUT2D eigenvalue weighted by Gasteiger charge is 2.24. The van der Waals surface area contributed by atoms with Gasteiger partial charge in [0.05, 0.1) is 12.1 Å². The topological polar surface area (TPSA) is 42.7 Å². The van der Waals surface area contributed by atoms with Gasteiger partial charge in [-0.3, -0.25) is 0 Å². The smallest absolute Gasteiger partial charge is 0.340 e. The summed E-state index contributed by atoms with van der Waals surface area (Å²) in [5.74, 6) is 0.718. The number of fused-ring (bicyclic) bond motifs is 3. The Morgan fingerprint density at radius 2 is 1.74 bits per heavy atom. The van der Waals surface area contributed by atoms with Crippen LogP contribution in [-0.2, 0) is 13.0 Å². The lowest BCUT2D eigenvalue weighted by Gasteiger charge is -2.31. The van der Waals surface area contributed by atoms with Gasteiger partial charge in [0, 0.05) is 33.1 Å². The molecule has 156 valence electrons. The van der Waals surface area contributed by atoms with Crippen molar-refractivity contribution in [3.05, 3.63) is 103 Å². The van der Waals surface area contributed by atoms with Crippen molar-refractivity contribution in [2.75, 3.05) is 11.6 Å². The molecule has 2 heterocycles. The summed E-state index contributed by atoms with van der Waals surface area (Å²) >= 11 is 12.4. The van der Waals surface area contributed by atoms with E-state index in [9.17, 15) is 4.79 Å². The van der Waals surface area contributed by atoms with Crippen molar-refractivity contribution in [2.45, 2.75) is 19.9 Å². The quantitative estimate of drug-likeness (QED) is 0.340. The minimum absolute atomic E-state index is 0.315. The van der Waals surface area contributed by atoms with E-state index in [4.69, 9.17) is 32.4 Å². The molecule has 1 aromatic heterocycles. The third kappa shape index (κ3) is 3.78. The number of benzene rings is 3. The summed E-state index contributed by atoms with van der Waals surface area (Å²) < 4.78 is 11.8. The summed E-state index contributed by atoms with van der Waals surface area (Å²) in [6.45, 7) is 2.84. The third-order valence-corrected chi connectivity index (χ3v) is 6.11. The lowest BCUT2D eigenvalue weighted by molar-refractivity contribution is 0.289. The van der Waals surface area contributed by atoms with Crippen LogP contribution in [0.3, 0.4) is 0 Å². The fourth-order valence-electron chi connectivity index (χ4n) is 4.05. The maximum Gasteiger partial charge on any atom is 0.340 e. The molecule has 0 spiro atoms. The van der Waals surface area contributed by atoms with Crippen LogP contribution < -0.4 is 15.3 Å². The normalized spacial score (nSPS) is 13.2. The average Bonchev–Trinajstić information content (AvgIpc) is 2.76. The number of halogens is 2. The van der Waals surface area contributed by atoms with Crippen molar-refractivity contribution < 1.29 is 9.15 Å². The zero-order chi connectivity index (χ0) is 21.5. The number of aryl methyl sites for hydroxylation is 1. The van der Waals surface area contributed by atoms with Gasteiger partial charge < -0.3 is 14.1 Å². The molecule has 1 aliphatic heterocycles. The maximum absolute atomic E-state index is 12.9. The number of hydrogen-bond acceptors (Lipinski definition) is 4. The number of ether oxygens (including phenoxy) is 1. The van der Waals surface area contributed by atoms with Crippen LogP contribution in [0, 0.1) is 6.92 Å². The SMILES string of the molecule is Cc1c(Cc2ccccc2)c(=O)oc2c3c(ccc12)OCN(c1cc(Cl)cc(Cl)c1)C3. The van der Waals surface area contributed by atoms with Crippen LogP contribution >= 0.6 is 23.2 Å². The molecule has 0 saturated carbocycles. The molecule has 0 atom stereocenters. The van der Waals surface area contributed by atoms with Crippen LogP contribution in [0.5, 0.6) is 5.75 Å². The minimum atomic E-state index is -0.315. The number of rotatable bonds is 3. The van der Waals surface area contributed by atoms with Gasteiger partial charge in [-0.05, 0) is 48.4 Å². The first-order valence-corrected chi connectivity index (χ1v) is 10.7. The number of hydrogen-bond donors (Lipinski definition) is 0. The maximum atomic E-state index is 12.9. The van der Waals surface area contributed by atoms with Gasteiger partial charge in [0.25, 0.3) is 0 Å². The molecule has 0 saturated heterocycles. The number of nitrogens with zero attached hydrogens (tertiary/aromatic N) is 1. The Labute approximate surface area is 189 Å². The molecular formula is C25H19Cl2NO3. The fraction of sp³-hybridized carbons (Fsp3) is 0.160. The highest BCUT2D eigenvalue weighted by atomic mass is 35.5. The lowest BCUT2D eigenvalue weighted by Crippen LogP contribution is -2.32. The van der Waals surface area contributed by atoms with Crippen LogP contribution in [0.25, 0.3) is 11.0 Å². The van der Waals surface area contributed by atoms with E-state index in [1.165, 1.54) is 0 Å². The van der Waals surface area contributed by atoms with Gasteiger partial charge in [-0.25, -0.2) is 4.79 Å². The molecule has 4 nitrogen and oxygen atoms in total. The predicted molar refractivity (Wildman–Crippen MR) is 125 cm³/mol. The van der Waals surface area contributed by atoms with Gasteiger partial charge in [0.1, 0.15) is 11.3 Å². The molecule has 6 heteroatoms. The van der Waals surface area contributed by atoms with E-state index in [0.717, 1.165) is 33.5 Å². The van der Waals surface area contributed by atoms with E-state index in [-0.39, 0.29) is 5.63 Å². The summed E-state index contributed by atoms with van der Waals surface area (Å²) in [6.07, 6.45) is 0.533. The van der Waals surface area contributed by atoms with Crippen molar-refractivity contribution in [1.82, 2.24) is 0 Å². The van der Waals surface area contributed by atoms with Crippen molar-refractivity contribution in [3.8, 4) is 5.75 Å². The summed E-state index contributed by atoms with van der Waals surface area (Å²) in [4.78, 5) is 14.9. The van der Waals surface area contributed by atoms with Crippen LogP contribution in [0.15, 0.2) is 69.9 Å². The Morgan fingerprint density at radius 3 is 2.48 bits per heavy atom. The van der Waals surface area contributed by atoms with Gasteiger partial charge >= 0.3 is 5.63 Å². The fourth-order valence-corrected chi connectivity index (χ4v) is 4.57. The van der Waals surface area contributed by atoms with Crippen molar-refractivity contribution in [1.29, 1.82) is 0 Å². The molecule has 3 aromatic carbocycles. The molecule has 0 aliphatic carbocycles. The summed E-state index contributed by atoms with van der Waals surface area (Å²) in [7, 11) is 0. The zero-order valence-corrected chi connectivity index (χ0v) is 18.3.